The average molecular weight is 468 g/mol. The van der Waals surface area contributed by atoms with Crippen LogP contribution in [0.2, 0.25) is 0 Å². The number of likely N-dealkylation sites (tertiary alicyclic amines) is 1. The Kier molecular flexibility index (Phi) is 6.57. The van der Waals surface area contributed by atoms with Gasteiger partial charge in [0.15, 0.2) is 4.34 Å². The first-order chi connectivity index (χ1) is 14.0. The standard InChI is InChI=1S/C18H21N5O2S4/c1-2-27-17-21-20-16(29-17)19-14(24)10-28-18(26)22-7-11-6-12(9-22)13-4-3-5-15(25)23(13)8-11/h3-5,11-12H,2,6-10H2,1H3,(H,19,20,24)/t11-,12+/m1/s1. The van der Waals surface area contributed by atoms with Crippen molar-refractivity contribution >= 4 is 62.4 Å². The number of carbonyl (C=O) groups is 1. The maximum Gasteiger partial charge on any atom is 0.250 e. The molecule has 2 aliphatic rings. The number of rotatable bonds is 5. The van der Waals surface area contributed by atoms with Gasteiger partial charge in [-0.2, -0.15) is 0 Å². The number of fused-ring (bicyclic) bond motifs is 4. The van der Waals surface area contributed by atoms with Crippen molar-refractivity contribution in [2.24, 2.45) is 5.92 Å². The van der Waals surface area contributed by atoms with Crippen LogP contribution in [0, 0.1) is 5.92 Å². The molecule has 0 saturated carbocycles. The number of thioether (sulfide) groups is 2. The Morgan fingerprint density at radius 2 is 2.21 bits per heavy atom. The third-order valence-electron chi connectivity index (χ3n) is 4.99. The number of aromatic nitrogens is 3. The average Bonchev–Trinajstić information content (AvgIpc) is 3.14. The van der Waals surface area contributed by atoms with Crippen LogP contribution in [0.3, 0.4) is 0 Å². The van der Waals surface area contributed by atoms with Crippen molar-refractivity contribution in [1.29, 1.82) is 0 Å². The molecule has 154 valence electrons. The molecule has 2 aliphatic heterocycles. The summed E-state index contributed by atoms with van der Waals surface area (Å²) in [5.74, 6) is 1.75. The van der Waals surface area contributed by atoms with Gasteiger partial charge in [-0.05, 0) is 24.2 Å². The monoisotopic (exact) mass is 467 g/mol. The van der Waals surface area contributed by atoms with Crippen LogP contribution in [0.4, 0.5) is 5.13 Å². The molecule has 29 heavy (non-hydrogen) atoms. The first-order valence-electron chi connectivity index (χ1n) is 9.41. The SMILES string of the molecule is CCSc1nnc(NC(=O)CSC(=S)N2C[C@H]3C[C@@H](C2)c2cccc(=O)n2C3)s1. The van der Waals surface area contributed by atoms with Crippen molar-refractivity contribution in [3.8, 4) is 0 Å². The van der Waals surface area contributed by atoms with Crippen molar-refractivity contribution in [2.75, 3.05) is 29.9 Å². The van der Waals surface area contributed by atoms with Gasteiger partial charge in [0.1, 0.15) is 4.32 Å². The Hall–Kier alpha value is -1.43. The van der Waals surface area contributed by atoms with Crippen LogP contribution in [-0.2, 0) is 11.3 Å². The van der Waals surface area contributed by atoms with E-state index in [4.69, 9.17) is 12.2 Å². The molecule has 0 aliphatic carbocycles. The van der Waals surface area contributed by atoms with Gasteiger partial charge in [-0.1, -0.05) is 60.1 Å². The Labute approximate surface area is 186 Å². The second-order valence-electron chi connectivity index (χ2n) is 7.01. The minimum atomic E-state index is -0.129. The maximum absolute atomic E-state index is 12.2. The third-order valence-corrected chi connectivity index (χ3v) is 8.36. The van der Waals surface area contributed by atoms with E-state index in [-0.39, 0.29) is 17.2 Å². The Balaban J connectivity index is 1.31. The van der Waals surface area contributed by atoms with Crippen molar-refractivity contribution in [3.63, 3.8) is 0 Å². The van der Waals surface area contributed by atoms with E-state index in [2.05, 4.69) is 20.4 Å². The summed E-state index contributed by atoms with van der Waals surface area (Å²) in [5, 5.41) is 11.3. The van der Waals surface area contributed by atoms with Crippen LogP contribution < -0.4 is 10.9 Å². The fraction of sp³-hybridized carbons (Fsp3) is 0.500. The summed E-state index contributed by atoms with van der Waals surface area (Å²) >= 11 is 9.97. The Bertz CT molecular complexity index is 975. The third kappa shape index (κ3) is 4.84. The highest BCUT2D eigenvalue weighted by atomic mass is 32.2. The van der Waals surface area contributed by atoms with Crippen LogP contribution in [-0.4, -0.2) is 54.5 Å². The largest absolute Gasteiger partial charge is 0.356 e. The van der Waals surface area contributed by atoms with Gasteiger partial charge in [-0.3, -0.25) is 14.9 Å². The first-order valence-corrected chi connectivity index (χ1v) is 12.6. The number of anilines is 1. The molecule has 11 heteroatoms. The second kappa shape index (κ2) is 9.15. The van der Waals surface area contributed by atoms with Crippen LogP contribution in [0.15, 0.2) is 27.3 Å². The quantitative estimate of drug-likeness (QED) is 0.409. The number of hydrogen-bond donors (Lipinski definition) is 1. The van der Waals surface area contributed by atoms with Gasteiger partial charge in [0, 0.05) is 37.3 Å². The summed E-state index contributed by atoms with van der Waals surface area (Å²) in [6, 6.07) is 5.51. The van der Waals surface area contributed by atoms with E-state index in [9.17, 15) is 9.59 Å². The molecule has 2 aromatic rings. The van der Waals surface area contributed by atoms with Crippen LogP contribution in [0.25, 0.3) is 0 Å². The zero-order chi connectivity index (χ0) is 20.4. The number of hydrogen-bond acceptors (Lipinski definition) is 8. The lowest BCUT2D eigenvalue weighted by molar-refractivity contribution is -0.113. The summed E-state index contributed by atoms with van der Waals surface area (Å²) in [4.78, 5) is 26.6. The van der Waals surface area contributed by atoms with Crippen molar-refractivity contribution in [2.45, 2.75) is 30.1 Å². The normalized spacial score (nSPS) is 20.2. The summed E-state index contributed by atoms with van der Waals surface area (Å²) in [6.45, 7) is 4.42. The molecule has 0 unspecified atom stereocenters. The molecule has 0 radical (unpaired) electrons. The lowest BCUT2D eigenvalue weighted by Gasteiger charge is -2.43. The lowest BCUT2D eigenvalue weighted by atomic mass is 9.83. The van der Waals surface area contributed by atoms with E-state index < -0.39 is 0 Å². The van der Waals surface area contributed by atoms with Crippen LogP contribution in [0.5, 0.6) is 0 Å². The number of pyridine rings is 1. The zero-order valence-corrected chi connectivity index (χ0v) is 19.1. The van der Waals surface area contributed by atoms with Gasteiger partial charge in [0.25, 0.3) is 5.56 Å². The summed E-state index contributed by atoms with van der Waals surface area (Å²) in [6.07, 6.45) is 1.09. The molecule has 0 spiro atoms. The molecule has 1 amide bonds. The highest BCUT2D eigenvalue weighted by Gasteiger charge is 2.35. The molecule has 4 heterocycles. The minimum absolute atomic E-state index is 0.0800. The molecule has 2 bridgehead atoms. The number of thiocarbonyl (C=S) groups is 1. The number of piperidine rings is 1. The highest BCUT2D eigenvalue weighted by Crippen LogP contribution is 2.36. The first kappa shape index (κ1) is 20.8. The van der Waals surface area contributed by atoms with Gasteiger partial charge < -0.3 is 9.47 Å². The van der Waals surface area contributed by atoms with Gasteiger partial charge in [-0.25, -0.2) is 0 Å². The van der Waals surface area contributed by atoms with E-state index >= 15 is 0 Å². The van der Waals surface area contributed by atoms with E-state index in [1.165, 1.54) is 23.1 Å². The van der Waals surface area contributed by atoms with Gasteiger partial charge >= 0.3 is 0 Å². The Morgan fingerprint density at radius 3 is 3.03 bits per heavy atom. The molecule has 4 rings (SSSR count). The number of nitrogens with one attached hydrogen (secondary N) is 1. The van der Waals surface area contributed by atoms with Gasteiger partial charge in [0.05, 0.1) is 5.75 Å². The predicted octanol–water partition coefficient (Wildman–Crippen LogP) is 2.89. The fourth-order valence-electron chi connectivity index (χ4n) is 3.86. The van der Waals surface area contributed by atoms with Gasteiger partial charge in [0.2, 0.25) is 11.0 Å². The minimum Gasteiger partial charge on any atom is -0.356 e. The molecule has 1 N–H and O–H groups in total. The summed E-state index contributed by atoms with van der Waals surface area (Å²) < 4.78 is 3.50. The molecule has 1 saturated heterocycles. The van der Waals surface area contributed by atoms with Crippen molar-refractivity contribution < 1.29 is 4.79 Å². The topological polar surface area (TPSA) is 80.1 Å². The fourth-order valence-corrected chi connectivity index (χ4v) is 6.51. The molecule has 1 fully saturated rings. The van der Waals surface area contributed by atoms with E-state index in [1.54, 1.807) is 17.8 Å². The molecule has 2 atom stereocenters. The number of carbonyl (C=O) groups excluding carboxylic acids is 1. The maximum atomic E-state index is 12.2. The summed E-state index contributed by atoms with van der Waals surface area (Å²) in [7, 11) is 0. The van der Waals surface area contributed by atoms with Crippen molar-refractivity contribution in [3.05, 3.63) is 34.2 Å². The van der Waals surface area contributed by atoms with E-state index in [0.717, 1.165) is 46.2 Å². The number of nitrogens with zero attached hydrogens (tertiary/aromatic N) is 4. The second-order valence-corrected chi connectivity index (χ2v) is 11.1. The molecular formula is C18H21N5O2S4. The zero-order valence-electron chi connectivity index (χ0n) is 15.9. The van der Waals surface area contributed by atoms with E-state index in [0.29, 0.717) is 17.0 Å². The summed E-state index contributed by atoms with van der Waals surface area (Å²) in [5.41, 5.74) is 1.18. The molecule has 2 aromatic heterocycles. The molecule has 0 aromatic carbocycles. The van der Waals surface area contributed by atoms with E-state index in [1.807, 2.05) is 23.6 Å². The molecule has 7 nitrogen and oxygen atoms in total. The highest BCUT2D eigenvalue weighted by molar-refractivity contribution is 8.23. The predicted molar refractivity (Wildman–Crippen MR) is 123 cm³/mol. The van der Waals surface area contributed by atoms with Crippen LogP contribution >= 0.6 is 47.1 Å². The number of amides is 1. The van der Waals surface area contributed by atoms with Crippen LogP contribution in [0.1, 0.15) is 25.0 Å². The lowest BCUT2D eigenvalue weighted by Crippen LogP contribution is -2.48. The molecular weight excluding hydrogens is 446 g/mol. The Morgan fingerprint density at radius 1 is 1.34 bits per heavy atom. The van der Waals surface area contributed by atoms with Gasteiger partial charge in [-0.15, -0.1) is 10.2 Å². The van der Waals surface area contributed by atoms with Crippen molar-refractivity contribution in [1.82, 2.24) is 19.7 Å². The smallest absolute Gasteiger partial charge is 0.250 e.